The molecule has 2 heterocycles. The van der Waals surface area contributed by atoms with Crippen molar-refractivity contribution in [3.8, 4) is 11.5 Å². The summed E-state index contributed by atoms with van der Waals surface area (Å²) in [6.45, 7) is 3.84. The van der Waals surface area contributed by atoms with E-state index in [0.717, 1.165) is 50.2 Å². The Hall–Kier alpha value is -0.970. The van der Waals surface area contributed by atoms with Crippen LogP contribution in [-0.2, 0) is 6.54 Å². The van der Waals surface area contributed by atoms with Gasteiger partial charge in [-0.15, -0.1) is 0 Å². The lowest BCUT2D eigenvalue weighted by Crippen LogP contribution is -2.37. The number of benzene rings is 1. The maximum atomic E-state index is 9.73. The van der Waals surface area contributed by atoms with Gasteiger partial charge in [0.25, 0.3) is 0 Å². The number of β-amino-alcohol motifs (C(OH)–C–C–N with tert-alkyl or cyclic N) is 1. The van der Waals surface area contributed by atoms with Gasteiger partial charge in [0.1, 0.15) is 0 Å². The molecule has 1 atom stereocenters. The zero-order valence-electron chi connectivity index (χ0n) is 11.5. The van der Waals surface area contributed by atoms with Crippen molar-refractivity contribution in [2.45, 2.75) is 31.9 Å². The number of fused-ring (bicyclic) bond motifs is 1. The summed E-state index contributed by atoms with van der Waals surface area (Å²) in [4.78, 5) is 2.25. The van der Waals surface area contributed by atoms with E-state index in [2.05, 4.69) is 4.90 Å². The van der Waals surface area contributed by atoms with Gasteiger partial charge < -0.3 is 14.6 Å². The van der Waals surface area contributed by atoms with Crippen LogP contribution in [0, 0.1) is 0 Å². The fraction of sp³-hybridized carbons (Fsp3) is 0.600. The van der Waals surface area contributed by atoms with Gasteiger partial charge in [-0.25, -0.2) is 0 Å². The molecule has 1 saturated heterocycles. The second-order valence-electron chi connectivity index (χ2n) is 5.49. The third-order valence-corrected chi connectivity index (χ3v) is 4.03. The topological polar surface area (TPSA) is 41.9 Å². The predicted octanol–water partition coefficient (Wildman–Crippen LogP) is 2.46. The lowest BCUT2D eigenvalue weighted by Gasteiger charge is -2.30. The Morgan fingerprint density at radius 1 is 1.25 bits per heavy atom. The van der Waals surface area contributed by atoms with E-state index in [-0.39, 0.29) is 6.10 Å². The van der Waals surface area contributed by atoms with Crippen LogP contribution in [0.2, 0.25) is 5.02 Å². The summed E-state index contributed by atoms with van der Waals surface area (Å²) in [7, 11) is 0. The molecule has 0 aliphatic carbocycles. The maximum Gasteiger partial charge on any atom is 0.179 e. The van der Waals surface area contributed by atoms with Crippen LogP contribution in [0.5, 0.6) is 11.5 Å². The Morgan fingerprint density at radius 2 is 2.10 bits per heavy atom. The second-order valence-corrected chi connectivity index (χ2v) is 5.89. The monoisotopic (exact) mass is 297 g/mol. The van der Waals surface area contributed by atoms with E-state index < -0.39 is 0 Å². The first-order valence-electron chi connectivity index (χ1n) is 7.21. The number of aliphatic hydroxyl groups is 1. The van der Waals surface area contributed by atoms with Crippen LogP contribution in [-0.4, -0.2) is 42.4 Å². The summed E-state index contributed by atoms with van der Waals surface area (Å²) in [6.07, 6.45) is 2.61. The number of hydrogen-bond donors (Lipinski definition) is 1. The van der Waals surface area contributed by atoms with E-state index in [0.29, 0.717) is 24.0 Å². The zero-order chi connectivity index (χ0) is 13.9. The standard InChI is InChI=1S/C15H20ClNO3/c16-13-7-11(9-17-4-1-3-12(18)10-17)8-14-15(13)20-6-2-5-19-14/h7-8,12,18H,1-6,9-10H2. The molecule has 5 heteroatoms. The summed E-state index contributed by atoms with van der Waals surface area (Å²) >= 11 is 6.29. The molecule has 2 aliphatic rings. The van der Waals surface area contributed by atoms with Crippen molar-refractivity contribution in [1.29, 1.82) is 0 Å². The van der Waals surface area contributed by atoms with Gasteiger partial charge in [0.05, 0.1) is 24.3 Å². The minimum Gasteiger partial charge on any atom is -0.489 e. The van der Waals surface area contributed by atoms with Gasteiger partial charge in [-0.05, 0) is 37.1 Å². The van der Waals surface area contributed by atoms with Crippen LogP contribution in [0.15, 0.2) is 12.1 Å². The van der Waals surface area contributed by atoms with Crippen LogP contribution < -0.4 is 9.47 Å². The van der Waals surface area contributed by atoms with Crippen LogP contribution in [0.3, 0.4) is 0 Å². The molecule has 0 radical (unpaired) electrons. The summed E-state index contributed by atoms with van der Waals surface area (Å²) in [5, 5.41) is 10.3. The molecule has 1 fully saturated rings. The van der Waals surface area contributed by atoms with Crippen molar-refractivity contribution < 1.29 is 14.6 Å². The number of hydrogen-bond acceptors (Lipinski definition) is 4. The average molecular weight is 298 g/mol. The molecule has 1 N–H and O–H groups in total. The van der Waals surface area contributed by atoms with E-state index in [1.165, 1.54) is 0 Å². The van der Waals surface area contributed by atoms with Crippen molar-refractivity contribution in [2.75, 3.05) is 26.3 Å². The van der Waals surface area contributed by atoms with E-state index in [4.69, 9.17) is 21.1 Å². The molecule has 1 aromatic carbocycles. The van der Waals surface area contributed by atoms with Gasteiger partial charge >= 0.3 is 0 Å². The Morgan fingerprint density at radius 3 is 2.95 bits per heavy atom. The van der Waals surface area contributed by atoms with Crippen molar-refractivity contribution in [3.05, 3.63) is 22.7 Å². The lowest BCUT2D eigenvalue weighted by atomic mass is 10.1. The maximum absolute atomic E-state index is 9.73. The normalized spacial score (nSPS) is 23.4. The molecule has 1 unspecified atom stereocenters. The van der Waals surface area contributed by atoms with E-state index >= 15 is 0 Å². The Bertz CT molecular complexity index is 480. The molecule has 3 rings (SSSR count). The Kier molecular flexibility index (Phi) is 4.34. The highest BCUT2D eigenvalue weighted by molar-refractivity contribution is 6.32. The van der Waals surface area contributed by atoms with Crippen molar-refractivity contribution in [1.82, 2.24) is 4.90 Å². The van der Waals surface area contributed by atoms with Gasteiger partial charge in [-0.3, -0.25) is 4.90 Å². The number of nitrogens with zero attached hydrogens (tertiary/aromatic N) is 1. The first kappa shape index (κ1) is 14.0. The highest BCUT2D eigenvalue weighted by Crippen LogP contribution is 2.38. The molecule has 0 amide bonds. The highest BCUT2D eigenvalue weighted by Gasteiger charge is 2.20. The largest absolute Gasteiger partial charge is 0.489 e. The molecule has 0 saturated carbocycles. The summed E-state index contributed by atoms with van der Waals surface area (Å²) in [5.41, 5.74) is 1.10. The first-order chi connectivity index (χ1) is 9.72. The summed E-state index contributed by atoms with van der Waals surface area (Å²) in [6, 6.07) is 3.95. The van der Waals surface area contributed by atoms with Crippen molar-refractivity contribution >= 4 is 11.6 Å². The molecular weight excluding hydrogens is 278 g/mol. The Balaban J connectivity index is 1.76. The van der Waals surface area contributed by atoms with Gasteiger partial charge in [0, 0.05) is 19.5 Å². The Labute approximate surface area is 124 Å². The molecule has 110 valence electrons. The summed E-state index contributed by atoms with van der Waals surface area (Å²) < 4.78 is 11.3. The molecule has 4 nitrogen and oxygen atoms in total. The molecular formula is C15H20ClNO3. The minimum absolute atomic E-state index is 0.209. The molecule has 0 bridgehead atoms. The van der Waals surface area contributed by atoms with Crippen LogP contribution >= 0.6 is 11.6 Å². The number of likely N-dealkylation sites (tertiary alicyclic amines) is 1. The van der Waals surface area contributed by atoms with Crippen molar-refractivity contribution in [2.24, 2.45) is 0 Å². The van der Waals surface area contributed by atoms with Crippen LogP contribution in [0.4, 0.5) is 0 Å². The van der Waals surface area contributed by atoms with E-state index in [1.54, 1.807) is 0 Å². The molecule has 20 heavy (non-hydrogen) atoms. The number of piperidine rings is 1. The molecule has 0 aromatic heterocycles. The highest BCUT2D eigenvalue weighted by atomic mass is 35.5. The number of ether oxygens (including phenoxy) is 2. The van der Waals surface area contributed by atoms with Gasteiger partial charge in [0.15, 0.2) is 11.5 Å². The smallest absolute Gasteiger partial charge is 0.179 e. The fourth-order valence-corrected chi connectivity index (χ4v) is 3.10. The lowest BCUT2D eigenvalue weighted by molar-refractivity contribution is 0.0668. The predicted molar refractivity (Wildman–Crippen MR) is 77.6 cm³/mol. The third-order valence-electron chi connectivity index (χ3n) is 3.75. The molecule has 1 aromatic rings. The first-order valence-corrected chi connectivity index (χ1v) is 7.58. The van der Waals surface area contributed by atoms with Crippen LogP contribution in [0.25, 0.3) is 0 Å². The second kappa shape index (κ2) is 6.20. The quantitative estimate of drug-likeness (QED) is 0.910. The van der Waals surface area contributed by atoms with Gasteiger partial charge in [-0.2, -0.15) is 0 Å². The third kappa shape index (κ3) is 3.19. The number of halogens is 1. The van der Waals surface area contributed by atoms with Crippen LogP contribution in [0.1, 0.15) is 24.8 Å². The van der Waals surface area contributed by atoms with Gasteiger partial charge in [-0.1, -0.05) is 11.6 Å². The fourth-order valence-electron chi connectivity index (χ4n) is 2.81. The van der Waals surface area contributed by atoms with E-state index in [9.17, 15) is 5.11 Å². The number of aliphatic hydroxyl groups excluding tert-OH is 1. The van der Waals surface area contributed by atoms with Gasteiger partial charge in [0.2, 0.25) is 0 Å². The average Bonchev–Trinajstić information content (AvgIpc) is 2.64. The van der Waals surface area contributed by atoms with Crippen molar-refractivity contribution in [3.63, 3.8) is 0 Å². The zero-order valence-corrected chi connectivity index (χ0v) is 12.2. The number of rotatable bonds is 2. The molecule has 0 spiro atoms. The molecule has 2 aliphatic heterocycles. The SMILES string of the molecule is OC1CCCN(Cc2cc(Cl)c3c(c2)OCCCO3)C1. The minimum atomic E-state index is -0.209. The van der Waals surface area contributed by atoms with E-state index in [1.807, 2.05) is 12.1 Å². The summed E-state index contributed by atoms with van der Waals surface area (Å²) in [5.74, 6) is 1.40.